The lowest BCUT2D eigenvalue weighted by atomic mass is 9.71. The number of halogens is 1. The maximum atomic E-state index is 12.4. The molecule has 0 spiro atoms. The molecule has 0 aromatic heterocycles. The van der Waals surface area contributed by atoms with Crippen molar-refractivity contribution in [1.82, 2.24) is 0 Å². The van der Waals surface area contributed by atoms with Gasteiger partial charge in [0.1, 0.15) is 12.4 Å². The zero-order chi connectivity index (χ0) is 16.5. The average Bonchev–Trinajstić information content (AvgIpc) is 2.56. The predicted octanol–water partition coefficient (Wildman–Crippen LogP) is 3.37. The van der Waals surface area contributed by atoms with E-state index in [1.807, 2.05) is 24.3 Å². The molecule has 1 fully saturated rings. The molecule has 0 heterocycles. The Labute approximate surface area is 150 Å². The van der Waals surface area contributed by atoms with E-state index in [-0.39, 0.29) is 23.7 Å². The highest BCUT2D eigenvalue weighted by molar-refractivity contribution is 5.91. The van der Waals surface area contributed by atoms with E-state index in [9.17, 15) is 4.79 Å². The van der Waals surface area contributed by atoms with Gasteiger partial charge < -0.3 is 20.5 Å². The van der Waals surface area contributed by atoms with Crippen LogP contribution in [0, 0.1) is 5.41 Å². The van der Waals surface area contributed by atoms with E-state index in [0.717, 1.165) is 24.3 Å². The lowest BCUT2D eigenvalue weighted by Gasteiger charge is -2.35. The van der Waals surface area contributed by atoms with Crippen molar-refractivity contribution in [2.24, 2.45) is 11.1 Å². The highest BCUT2D eigenvalue weighted by Gasteiger charge is 2.32. The van der Waals surface area contributed by atoms with Gasteiger partial charge in [-0.3, -0.25) is 4.79 Å². The van der Waals surface area contributed by atoms with Crippen LogP contribution in [0.1, 0.15) is 38.5 Å². The Morgan fingerprint density at radius 3 is 2.67 bits per heavy atom. The first-order valence-electron chi connectivity index (χ1n) is 8.39. The third-order valence-corrected chi connectivity index (χ3v) is 4.56. The van der Waals surface area contributed by atoms with Gasteiger partial charge in [-0.05, 0) is 36.9 Å². The first-order chi connectivity index (χ1) is 11.2. The molecule has 3 N–H and O–H groups in total. The summed E-state index contributed by atoms with van der Waals surface area (Å²) in [5.74, 6) is 0.762. The van der Waals surface area contributed by atoms with Gasteiger partial charge in [-0.1, -0.05) is 25.3 Å². The molecule has 0 atom stereocenters. The van der Waals surface area contributed by atoms with Crippen LogP contribution in [-0.2, 0) is 9.53 Å². The minimum atomic E-state index is -0.0189. The van der Waals surface area contributed by atoms with Crippen molar-refractivity contribution in [1.29, 1.82) is 0 Å². The summed E-state index contributed by atoms with van der Waals surface area (Å²) in [6.07, 6.45) is 6.21. The zero-order valence-corrected chi connectivity index (χ0v) is 15.2. The van der Waals surface area contributed by atoms with Crippen LogP contribution >= 0.6 is 12.4 Å². The Kier molecular flexibility index (Phi) is 9.11. The van der Waals surface area contributed by atoms with Crippen molar-refractivity contribution >= 4 is 24.0 Å². The summed E-state index contributed by atoms with van der Waals surface area (Å²) in [5, 5.41) is 2.97. The van der Waals surface area contributed by atoms with Gasteiger partial charge in [0.05, 0.1) is 6.61 Å². The van der Waals surface area contributed by atoms with Crippen molar-refractivity contribution in [2.45, 2.75) is 38.5 Å². The smallest absolute Gasteiger partial charge is 0.224 e. The molecule has 2 rings (SSSR count). The molecule has 1 aliphatic rings. The summed E-state index contributed by atoms with van der Waals surface area (Å²) in [4.78, 5) is 12.4. The molecule has 6 heteroatoms. The number of carbonyl (C=O) groups is 1. The topological polar surface area (TPSA) is 73.6 Å². The Morgan fingerprint density at radius 2 is 2.00 bits per heavy atom. The third kappa shape index (κ3) is 6.30. The second-order valence-electron chi connectivity index (χ2n) is 6.36. The van der Waals surface area contributed by atoms with E-state index in [2.05, 4.69) is 5.32 Å². The average molecular weight is 357 g/mol. The van der Waals surface area contributed by atoms with E-state index >= 15 is 0 Å². The molecular formula is C18H29ClN2O3. The summed E-state index contributed by atoms with van der Waals surface area (Å²) < 4.78 is 10.5. The molecule has 0 unspecified atom stereocenters. The monoisotopic (exact) mass is 356 g/mol. The standard InChI is InChI=1S/C18H28N2O3.ClH/c1-22-10-11-23-16-7-5-6-15(12-16)20-17(21)13-18(14-19)8-3-2-4-9-18;/h5-7,12H,2-4,8-11,13-14,19H2,1H3,(H,20,21);1H. The normalized spacial score (nSPS) is 16.1. The molecule has 1 amide bonds. The van der Waals surface area contributed by atoms with Gasteiger partial charge >= 0.3 is 0 Å². The maximum Gasteiger partial charge on any atom is 0.224 e. The van der Waals surface area contributed by atoms with Crippen LogP contribution in [0.15, 0.2) is 24.3 Å². The molecule has 0 aliphatic heterocycles. The predicted molar refractivity (Wildman–Crippen MR) is 98.9 cm³/mol. The number of nitrogens with two attached hydrogens (primary N) is 1. The van der Waals surface area contributed by atoms with Crippen LogP contribution < -0.4 is 15.8 Å². The number of anilines is 1. The van der Waals surface area contributed by atoms with Gasteiger partial charge in [-0.2, -0.15) is 0 Å². The Hall–Kier alpha value is -1.30. The Balaban J connectivity index is 0.00000288. The van der Waals surface area contributed by atoms with E-state index in [4.69, 9.17) is 15.2 Å². The number of hydrogen-bond donors (Lipinski definition) is 2. The molecule has 5 nitrogen and oxygen atoms in total. The number of amides is 1. The second kappa shape index (κ2) is 10.5. The summed E-state index contributed by atoms with van der Waals surface area (Å²) in [6.45, 7) is 1.61. The van der Waals surface area contributed by atoms with Crippen LogP contribution in [0.25, 0.3) is 0 Å². The molecule has 1 aromatic carbocycles. The first kappa shape index (κ1) is 20.7. The zero-order valence-electron chi connectivity index (χ0n) is 14.4. The van der Waals surface area contributed by atoms with Crippen molar-refractivity contribution in [2.75, 3.05) is 32.2 Å². The third-order valence-electron chi connectivity index (χ3n) is 4.56. The van der Waals surface area contributed by atoms with Crippen molar-refractivity contribution in [3.8, 4) is 5.75 Å². The van der Waals surface area contributed by atoms with Crippen molar-refractivity contribution in [3.63, 3.8) is 0 Å². The molecule has 0 bridgehead atoms. The Morgan fingerprint density at radius 1 is 1.25 bits per heavy atom. The van der Waals surface area contributed by atoms with Gasteiger partial charge in [0.25, 0.3) is 0 Å². The molecular weight excluding hydrogens is 328 g/mol. The number of methoxy groups -OCH3 is 1. The van der Waals surface area contributed by atoms with E-state index < -0.39 is 0 Å². The van der Waals surface area contributed by atoms with E-state index in [1.54, 1.807) is 7.11 Å². The fourth-order valence-corrected chi connectivity index (χ4v) is 3.21. The minimum Gasteiger partial charge on any atom is -0.491 e. The van der Waals surface area contributed by atoms with Gasteiger partial charge in [-0.15, -0.1) is 12.4 Å². The molecule has 1 aromatic rings. The quantitative estimate of drug-likeness (QED) is 0.700. The Bertz CT molecular complexity index is 505. The minimum absolute atomic E-state index is 0. The van der Waals surface area contributed by atoms with E-state index in [0.29, 0.717) is 26.2 Å². The highest BCUT2D eigenvalue weighted by Crippen LogP contribution is 2.38. The van der Waals surface area contributed by atoms with Crippen molar-refractivity contribution < 1.29 is 14.3 Å². The summed E-state index contributed by atoms with van der Waals surface area (Å²) in [5.41, 5.74) is 6.70. The number of hydrogen-bond acceptors (Lipinski definition) is 4. The molecule has 0 radical (unpaired) electrons. The lowest BCUT2D eigenvalue weighted by molar-refractivity contribution is -0.118. The lowest BCUT2D eigenvalue weighted by Crippen LogP contribution is -2.36. The number of ether oxygens (including phenoxy) is 2. The SMILES string of the molecule is COCCOc1cccc(NC(=O)CC2(CN)CCCCC2)c1.Cl. The van der Waals surface area contributed by atoms with Crippen LogP contribution in [-0.4, -0.2) is 32.8 Å². The summed E-state index contributed by atoms with van der Waals surface area (Å²) >= 11 is 0. The number of carbonyl (C=O) groups excluding carboxylic acids is 1. The summed E-state index contributed by atoms with van der Waals surface area (Å²) in [6, 6.07) is 7.45. The molecule has 0 saturated heterocycles. The van der Waals surface area contributed by atoms with Crippen LogP contribution in [0.4, 0.5) is 5.69 Å². The van der Waals surface area contributed by atoms with Gasteiger partial charge in [-0.25, -0.2) is 0 Å². The van der Waals surface area contributed by atoms with Gasteiger partial charge in [0, 0.05) is 25.3 Å². The van der Waals surface area contributed by atoms with Crippen LogP contribution in [0.3, 0.4) is 0 Å². The molecule has 1 aliphatic carbocycles. The van der Waals surface area contributed by atoms with E-state index in [1.165, 1.54) is 19.3 Å². The number of rotatable bonds is 8. The fourth-order valence-electron chi connectivity index (χ4n) is 3.21. The van der Waals surface area contributed by atoms with Crippen LogP contribution in [0.2, 0.25) is 0 Å². The maximum absolute atomic E-state index is 12.4. The summed E-state index contributed by atoms with van der Waals surface area (Å²) in [7, 11) is 1.64. The second-order valence-corrected chi connectivity index (χ2v) is 6.36. The van der Waals surface area contributed by atoms with Gasteiger partial charge in [0.2, 0.25) is 5.91 Å². The van der Waals surface area contributed by atoms with Crippen molar-refractivity contribution in [3.05, 3.63) is 24.3 Å². The fraction of sp³-hybridized carbons (Fsp3) is 0.611. The number of nitrogens with one attached hydrogen (secondary N) is 1. The first-order valence-corrected chi connectivity index (χ1v) is 8.39. The molecule has 136 valence electrons. The molecule has 1 saturated carbocycles. The largest absolute Gasteiger partial charge is 0.491 e. The van der Waals surface area contributed by atoms with Gasteiger partial charge in [0.15, 0.2) is 0 Å². The molecule has 24 heavy (non-hydrogen) atoms. The number of benzene rings is 1. The van der Waals surface area contributed by atoms with Crippen LogP contribution in [0.5, 0.6) is 5.75 Å². The highest BCUT2D eigenvalue weighted by atomic mass is 35.5.